The Morgan fingerprint density at radius 2 is 1.72 bits per heavy atom. The van der Waals surface area contributed by atoms with Crippen LogP contribution in [0.2, 0.25) is 10.0 Å². The molecular formula is C23H18Cl2N4O2S. The smallest absolute Gasteiger partial charge is 0.234 e. The van der Waals surface area contributed by atoms with Crippen LogP contribution in [0.5, 0.6) is 5.75 Å². The first-order chi connectivity index (χ1) is 15.6. The second-order valence-electron chi connectivity index (χ2n) is 6.66. The average molecular weight is 485 g/mol. The zero-order chi connectivity index (χ0) is 22.3. The van der Waals surface area contributed by atoms with E-state index in [0.29, 0.717) is 32.5 Å². The van der Waals surface area contributed by atoms with Crippen molar-refractivity contribution in [3.05, 3.63) is 94.7 Å². The summed E-state index contributed by atoms with van der Waals surface area (Å²) in [6.45, 7) is 0.207. The molecule has 0 aliphatic rings. The number of hydrogen-bond acceptors (Lipinski definition) is 5. The Morgan fingerprint density at radius 1 is 0.938 bits per heavy atom. The number of nitrogens with one attached hydrogen (secondary N) is 1. The molecule has 4 aromatic rings. The van der Waals surface area contributed by atoms with Gasteiger partial charge in [-0.3, -0.25) is 9.36 Å². The van der Waals surface area contributed by atoms with E-state index in [9.17, 15) is 4.79 Å². The summed E-state index contributed by atoms with van der Waals surface area (Å²) < 4.78 is 7.74. The van der Waals surface area contributed by atoms with Crippen LogP contribution < -0.4 is 10.1 Å². The molecule has 0 fully saturated rings. The lowest BCUT2D eigenvalue weighted by Gasteiger charge is -2.11. The van der Waals surface area contributed by atoms with Crippen molar-refractivity contribution in [2.24, 2.45) is 0 Å². The van der Waals surface area contributed by atoms with Gasteiger partial charge < -0.3 is 10.1 Å². The summed E-state index contributed by atoms with van der Waals surface area (Å²) in [5.74, 6) is 1.28. The van der Waals surface area contributed by atoms with Gasteiger partial charge in [0.25, 0.3) is 0 Å². The number of carbonyl (C=O) groups is 1. The summed E-state index contributed by atoms with van der Waals surface area (Å²) in [7, 11) is 0. The van der Waals surface area contributed by atoms with Gasteiger partial charge in [0, 0.05) is 21.4 Å². The summed E-state index contributed by atoms with van der Waals surface area (Å²) in [6.07, 6.45) is 0. The second-order valence-corrected chi connectivity index (χ2v) is 8.47. The molecule has 1 heterocycles. The van der Waals surface area contributed by atoms with Crippen LogP contribution >= 0.6 is 35.0 Å². The minimum absolute atomic E-state index is 0.162. The molecule has 0 saturated heterocycles. The molecule has 0 aliphatic carbocycles. The molecule has 0 radical (unpaired) electrons. The maximum absolute atomic E-state index is 12.4. The molecule has 0 unspecified atom stereocenters. The molecular weight excluding hydrogens is 467 g/mol. The number of thioether (sulfide) groups is 1. The highest BCUT2D eigenvalue weighted by Gasteiger charge is 2.16. The zero-order valence-corrected chi connectivity index (χ0v) is 19.1. The molecule has 0 bridgehead atoms. The number of aromatic nitrogens is 3. The maximum Gasteiger partial charge on any atom is 0.234 e. The summed E-state index contributed by atoms with van der Waals surface area (Å²) in [5, 5.41) is 13.2. The Labute approximate surface area is 199 Å². The highest BCUT2D eigenvalue weighted by Crippen LogP contribution is 2.24. The number of anilines is 1. The third kappa shape index (κ3) is 5.82. The topological polar surface area (TPSA) is 69.0 Å². The van der Waals surface area contributed by atoms with E-state index in [-0.39, 0.29) is 18.3 Å². The van der Waals surface area contributed by atoms with Crippen LogP contribution in [0, 0.1) is 0 Å². The molecule has 32 heavy (non-hydrogen) atoms. The van der Waals surface area contributed by atoms with E-state index in [0.717, 1.165) is 5.69 Å². The van der Waals surface area contributed by atoms with Crippen LogP contribution in [0.4, 0.5) is 5.69 Å². The highest BCUT2D eigenvalue weighted by atomic mass is 35.5. The van der Waals surface area contributed by atoms with Gasteiger partial charge in [-0.05, 0) is 54.6 Å². The fourth-order valence-corrected chi connectivity index (χ4v) is 3.98. The van der Waals surface area contributed by atoms with Crippen molar-refractivity contribution >= 4 is 46.6 Å². The van der Waals surface area contributed by atoms with E-state index in [1.807, 2.05) is 34.9 Å². The van der Waals surface area contributed by atoms with Gasteiger partial charge in [-0.15, -0.1) is 10.2 Å². The van der Waals surface area contributed by atoms with E-state index >= 15 is 0 Å². The average Bonchev–Trinajstić information content (AvgIpc) is 3.21. The SMILES string of the molecule is O=C(CSc1nnc(COc2ccc(Cl)cc2)n1-c1ccccc1)Nc1cccc(Cl)c1. The third-order valence-corrected chi connectivity index (χ3v) is 5.75. The number of rotatable bonds is 8. The van der Waals surface area contributed by atoms with Crippen molar-refractivity contribution in [1.29, 1.82) is 0 Å². The van der Waals surface area contributed by atoms with Crippen molar-refractivity contribution in [3.63, 3.8) is 0 Å². The number of benzene rings is 3. The van der Waals surface area contributed by atoms with Gasteiger partial charge in [-0.25, -0.2) is 0 Å². The summed E-state index contributed by atoms with van der Waals surface area (Å²) in [4.78, 5) is 12.4. The number of halogens is 2. The van der Waals surface area contributed by atoms with Crippen molar-refractivity contribution in [2.45, 2.75) is 11.8 Å². The van der Waals surface area contributed by atoms with Crippen molar-refractivity contribution < 1.29 is 9.53 Å². The molecule has 1 N–H and O–H groups in total. The lowest BCUT2D eigenvalue weighted by Crippen LogP contribution is -2.14. The van der Waals surface area contributed by atoms with E-state index in [1.54, 1.807) is 48.5 Å². The molecule has 4 rings (SSSR count). The Hall–Kier alpha value is -3.00. The van der Waals surface area contributed by atoms with Crippen LogP contribution in [0.1, 0.15) is 5.82 Å². The van der Waals surface area contributed by atoms with Gasteiger partial charge in [0.2, 0.25) is 5.91 Å². The van der Waals surface area contributed by atoms with E-state index in [4.69, 9.17) is 27.9 Å². The molecule has 3 aromatic carbocycles. The Morgan fingerprint density at radius 3 is 2.47 bits per heavy atom. The van der Waals surface area contributed by atoms with Gasteiger partial charge in [-0.1, -0.05) is 59.2 Å². The molecule has 0 atom stereocenters. The van der Waals surface area contributed by atoms with Gasteiger partial charge in [-0.2, -0.15) is 0 Å². The molecule has 9 heteroatoms. The van der Waals surface area contributed by atoms with Crippen molar-refractivity contribution in [1.82, 2.24) is 14.8 Å². The lowest BCUT2D eigenvalue weighted by atomic mass is 10.3. The Balaban J connectivity index is 1.48. The minimum Gasteiger partial charge on any atom is -0.486 e. The number of carbonyl (C=O) groups excluding carboxylic acids is 1. The number of nitrogens with zero attached hydrogens (tertiary/aromatic N) is 3. The molecule has 162 valence electrons. The number of hydrogen-bond donors (Lipinski definition) is 1. The quantitative estimate of drug-likeness (QED) is 0.316. The van der Waals surface area contributed by atoms with Crippen LogP contribution in [0.25, 0.3) is 5.69 Å². The van der Waals surface area contributed by atoms with E-state index < -0.39 is 0 Å². The molecule has 6 nitrogen and oxygen atoms in total. The van der Waals surface area contributed by atoms with Gasteiger partial charge >= 0.3 is 0 Å². The lowest BCUT2D eigenvalue weighted by molar-refractivity contribution is -0.113. The Bertz CT molecular complexity index is 1200. The number of ether oxygens (including phenoxy) is 1. The van der Waals surface area contributed by atoms with Crippen LogP contribution in [-0.4, -0.2) is 26.4 Å². The predicted molar refractivity (Wildman–Crippen MR) is 128 cm³/mol. The third-order valence-electron chi connectivity index (χ3n) is 4.34. The fraction of sp³-hybridized carbons (Fsp3) is 0.0870. The van der Waals surface area contributed by atoms with E-state index in [2.05, 4.69) is 15.5 Å². The highest BCUT2D eigenvalue weighted by molar-refractivity contribution is 7.99. The predicted octanol–water partition coefficient (Wildman–Crippen LogP) is 5.88. The first kappa shape index (κ1) is 22.2. The fourth-order valence-electron chi connectivity index (χ4n) is 2.90. The number of para-hydroxylation sites is 1. The number of amides is 1. The molecule has 0 aliphatic heterocycles. The molecule has 1 aromatic heterocycles. The van der Waals surface area contributed by atoms with Gasteiger partial charge in [0.15, 0.2) is 11.0 Å². The summed E-state index contributed by atoms with van der Waals surface area (Å²) in [5.41, 5.74) is 1.52. The molecule has 0 saturated carbocycles. The normalized spacial score (nSPS) is 10.7. The summed E-state index contributed by atoms with van der Waals surface area (Å²) >= 11 is 13.2. The second kappa shape index (κ2) is 10.5. The maximum atomic E-state index is 12.4. The van der Waals surface area contributed by atoms with Crippen LogP contribution in [-0.2, 0) is 11.4 Å². The standard InChI is InChI=1S/C23H18Cl2N4O2S/c24-16-9-11-20(12-10-16)31-14-21-27-28-23(29(21)19-7-2-1-3-8-19)32-15-22(30)26-18-6-4-5-17(25)13-18/h1-13H,14-15H2,(H,26,30). The first-order valence-corrected chi connectivity index (χ1v) is 11.4. The Kier molecular flexibility index (Phi) is 7.32. The largest absolute Gasteiger partial charge is 0.486 e. The zero-order valence-electron chi connectivity index (χ0n) is 16.7. The monoisotopic (exact) mass is 484 g/mol. The summed E-state index contributed by atoms with van der Waals surface area (Å²) in [6, 6.07) is 23.8. The van der Waals surface area contributed by atoms with Crippen LogP contribution in [0.3, 0.4) is 0 Å². The van der Waals surface area contributed by atoms with Gasteiger partial charge in [0.05, 0.1) is 5.75 Å². The molecule has 1 amide bonds. The van der Waals surface area contributed by atoms with Crippen molar-refractivity contribution in [2.75, 3.05) is 11.1 Å². The minimum atomic E-state index is -0.168. The van der Waals surface area contributed by atoms with E-state index in [1.165, 1.54) is 11.8 Å². The molecule has 0 spiro atoms. The van der Waals surface area contributed by atoms with Gasteiger partial charge in [0.1, 0.15) is 12.4 Å². The van der Waals surface area contributed by atoms with Crippen LogP contribution in [0.15, 0.2) is 84.0 Å². The van der Waals surface area contributed by atoms with Crippen molar-refractivity contribution in [3.8, 4) is 11.4 Å². The first-order valence-electron chi connectivity index (χ1n) is 9.65.